The lowest BCUT2D eigenvalue weighted by atomic mass is 9.98. The predicted molar refractivity (Wildman–Crippen MR) is 91.0 cm³/mol. The maximum atomic E-state index is 9.35. The molecule has 116 valence electrons. The maximum Gasteiger partial charge on any atom is 0.133 e. The number of fused-ring (bicyclic) bond motifs is 1. The zero-order chi connectivity index (χ0) is 15.4. The van der Waals surface area contributed by atoms with E-state index in [0.29, 0.717) is 0 Å². The first kappa shape index (κ1) is 15.1. The molecule has 1 atom stereocenters. The van der Waals surface area contributed by atoms with Gasteiger partial charge < -0.3 is 5.11 Å². The SMILES string of the molecule is CCCCCCC1Cc2ccc(-c3ccc(O)cn3)cc2C1. The van der Waals surface area contributed by atoms with Gasteiger partial charge in [0.1, 0.15) is 5.75 Å². The lowest BCUT2D eigenvalue weighted by molar-refractivity contribution is 0.473. The number of rotatable bonds is 6. The Morgan fingerprint density at radius 1 is 1.05 bits per heavy atom. The van der Waals surface area contributed by atoms with E-state index >= 15 is 0 Å². The second kappa shape index (κ2) is 6.95. The van der Waals surface area contributed by atoms with Gasteiger partial charge in [-0.25, -0.2) is 0 Å². The Balaban J connectivity index is 1.65. The Morgan fingerprint density at radius 2 is 1.91 bits per heavy atom. The van der Waals surface area contributed by atoms with E-state index in [1.807, 2.05) is 6.07 Å². The molecule has 0 saturated heterocycles. The van der Waals surface area contributed by atoms with Crippen LogP contribution in [0.5, 0.6) is 5.75 Å². The number of hydrogen-bond acceptors (Lipinski definition) is 2. The minimum absolute atomic E-state index is 0.219. The van der Waals surface area contributed by atoms with Crippen molar-refractivity contribution < 1.29 is 5.11 Å². The molecule has 1 heterocycles. The van der Waals surface area contributed by atoms with Crippen LogP contribution in [-0.4, -0.2) is 10.1 Å². The van der Waals surface area contributed by atoms with Gasteiger partial charge in [-0.2, -0.15) is 0 Å². The molecular weight excluding hydrogens is 270 g/mol. The summed E-state index contributed by atoms with van der Waals surface area (Å²) in [4.78, 5) is 4.31. The van der Waals surface area contributed by atoms with Crippen LogP contribution in [0, 0.1) is 5.92 Å². The molecule has 0 spiro atoms. The van der Waals surface area contributed by atoms with Crippen molar-refractivity contribution in [1.29, 1.82) is 0 Å². The van der Waals surface area contributed by atoms with Crippen molar-refractivity contribution >= 4 is 0 Å². The molecule has 0 bridgehead atoms. The highest BCUT2D eigenvalue weighted by Crippen LogP contribution is 2.33. The van der Waals surface area contributed by atoms with E-state index in [2.05, 4.69) is 30.1 Å². The second-order valence-electron chi connectivity index (χ2n) is 6.51. The van der Waals surface area contributed by atoms with Crippen LogP contribution in [0.1, 0.15) is 50.2 Å². The average molecular weight is 295 g/mol. The fraction of sp³-hybridized carbons (Fsp3) is 0.450. The number of hydrogen-bond donors (Lipinski definition) is 1. The quantitative estimate of drug-likeness (QED) is 0.748. The largest absolute Gasteiger partial charge is 0.506 e. The molecule has 0 amide bonds. The summed E-state index contributed by atoms with van der Waals surface area (Å²) < 4.78 is 0. The molecule has 0 fully saturated rings. The zero-order valence-electron chi connectivity index (χ0n) is 13.4. The van der Waals surface area contributed by atoms with Crippen LogP contribution in [0.25, 0.3) is 11.3 Å². The third kappa shape index (κ3) is 3.49. The third-order valence-electron chi connectivity index (χ3n) is 4.73. The molecule has 0 aliphatic heterocycles. The Bertz CT molecular complexity index is 618. The molecule has 0 saturated carbocycles. The van der Waals surface area contributed by atoms with Gasteiger partial charge in [0.15, 0.2) is 0 Å². The number of unbranched alkanes of at least 4 members (excludes halogenated alkanes) is 3. The molecule has 1 aliphatic carbocycles. The summed E-state index contributed by atoms with van der Waals surface area (Å²) in [6.45, 7) is 2.27. The molecule has 0 radical (unpaired) electrons. The minimum Gasteiger partial charge on any atom is -0.506 e. The zero-order valence-corrected chi connectivity index (χ0v) is 13.4. The molecule has 1 unspecified atom stereocenters. The predicted octanol–water partition coefficient (Wildman–Crippen LogP) is 5.14. The lowest BCUT2D eigenvalue weighted by Gasteiger charge is -2.07. The lowest BCUT2D eigenvalue weighted by Crippen LogP contribution is -1.99. The summed E-state index contributed by atoms with van der Waals surface area (Å²) in [5.41, 5.74) is 5.10. The molecule has 2 nitrogen and oxygen atoms in total. The molecule has 1 aliphatic rings. The Morgan fingerprint density at radius 3 is 2.68 bits per heavy atom. The molecule has 2 aromatic rings. The molecule has 2 heteroatoms. The molecule has 1 aromatic heterocycles. The van der Waals surface area contributed by atoms with E-state index in [1.165, 1.54) is 62.3 Å². The smallest absolute Gasteiger partial charge is 0.133 e. The van der Waals surface area contributed by atoms with Gasteiger partial charge in [-0.15, -0.1) is 0 Å². The second-order valence-corrected chi connectivity index (χ2v) is 6.51. The summed E-state index contributed by atoms with van der Waals surface area (Å²) in [7, 11) is 0. The molecule has 22 heavy (non-hydrogen) atoms. The van der Waals surface area contributed by atoms with Gasteiger partial charge in [0.05, 0.1) is 11.9 Å². The van der Waals surface area contributed by atoms with Crippen LogP contribution >= 0.6 is 0 Å². The topological polar surface area (TPSA) is 33.1 Å². The van der Waals surface area contributed by atoms with Crippen LogP contribution < -0.4 is 0 Å². The summed E-state index contributed by atoms with van der Waals surface area (Å²) in [6.07, 6.45) is 10.8. The van der Waals surface area contributed by atoms with Gasteiger partial charge in [-0.3, -0.25) is 4.98 Å². The number of nitrogens with zero attached hydrogens (tertiary/aromatic N) is 1. The normalized spacial score (nSPS) is 16.7. The van der Waals surface area contributed by atoms with E-state index < -0.39 is 0 Å². The van der Waals surface area contributed by atoms with Gasteiger partial charge in [0, 0.05) is 5.56 Å². The third-order valence-corrected chi connectivity index (χ3v) is 4.73. The van der Waals surface area contributed by atoms with Gasteiger partial charge in [-0.1, -0.05) is 44.7 Å². The summed E-state index contributed by atoms with van der Waals surface area (Å²) >= 11 is 0. The number of pyridine rings is 1. The molecule has 1 N–H and O–H groups in total. The van der Waals surface area contributed by atoms with Crippen molar-refractivity contribution in [2.24, 2.45) is 5.92 Å². The Labute approximate surface area is 133 Å². The van der Waals surface area contributed by atoms with Crippen molar-refractivity contribution in [3.05, 3.63) is 47.7 Å². The van der Waals surface area contributed by atoms with Gasteiger partial charge in [0.25, 0.3) is 0 Å². The van der Waals surface area contributed by atoms with Crippen LogP contribution in [0.15, 0.2) is 36.5 Å². The number of aromatic hydroxyl groups is 1. The van der Waals surface area contributed by atoms with Gasteiger partial charge in [0.2, 0.25) is 0 Å². The highest BCUT2D eigenvalue weighted by Gasteiger charge is 2.21. The van der Waals surface area contributed by atoms with Crippen molar-refractivity contribution in [1.82, 2.24) is 4.98 Å². The highest BCUT2D eigenvalue weighted by molar-refractivity contribution is 5.62. The minimum atomic E-state index is 0.219. The van der Waals surface area contributed by atoms with Crippen molar-refractivity contribution in [2.75, 3.05) is 0 Å². The summed E-state index contributed by atoms with van der Waals surface area (Å²) in [5, 5.41) is 9.35. The Hall–Kier alpha value is -1.83. The van der Waals surface area contributed by atoms with Gasteiger partial charge >= 0.3 is 0 Å². The standard InChI is InChI=1S/C20H25NO/c1-2-3-4-5-6-15-11-16-7-8-17(13-18(16)12-15)20-10-9-19(22)14-21-20/h7-10,13-15,22H,2-6,11-12H2,1H3. The van der Waals surface area contributed by atoms with E-state index in [0.717, 1.165) is 17.2 Å². The van der Waals surface area contributed by atoms with Crippen LogP contribution in [0.2, 0.25) is 0 Å². The van der Waals surface area contributed by atoms with Crippen LogP contribution in [0.3, 0.4) is 0 Å². The van der Waals surface area contributed by atoms with Crippen molar-refractivity contribution in [2.45, 2.75) is 51.9 Å². The fourth-order valence-electron chi connectivity index (χ4n) is 3.49. The van der Waals surface area contributed by atoms with Crippen LogP contribution in [-0.2, 0) is 12.8 Å². The highest BCUT2D eigenvalue weighted by atomic mass is 16.3. The first-order valence-electron chi connectivity index (χ1n) is 8.53. The molecule has 1 aromatic carbocycles. The average Bonchev–Trinajstić information content (AvgIpc) is 2.94. The monoisotopic (exact) mass is 295 g/mol. The van der Waals surface area contributed by atoms with E-state index in [1.54, 1.807) is 6.07 Å². The van der Waals surface area contributed by atoms with Crippen molar-refractivity contribution in [3.63, 3.8) is 0 Å². The van der Waals surface area contributed by atoms with E-state index in [-0.39, 0.29) is 5.75 Å². The van der Waals surface area contributed by atoms with Crippen LogP contribution in [0.4, 0.5) is 0 Å². The maximum absolute atomic E-state index is 9.35. The number of benzene rings is 1. The molecule has 3 rings (SSSR count). The number of aromatic nitrogens is 1. The summed E-state index contributed by atoms with van der Waals surface area (Å²) in [6, 6.07) is 10.3. The van der Waals surface area contributed by atoms with Gasteiger partial charge in [-0.05, 0) is 54.5 Å². The van der Waals surface area contributed by atoms with E-state index in [9.17, 15) is 5.11 Å². The fourth-order valence-corrected chi connectivity index (χ4v) is 3.49. The Kier molecular flexibility index (Phi) is 4.77. The molecular formula is C20H25NO. The van der Waals surface area contributed by atoms with Crippen molar-refractivity contribution in [3.8, 4) is 17.0 Å². The first-order valence-corrected chi connectivity index (χ1v) is 8.53. The summed E-state index contributed by atoms with van der Waals surface area (Å²) in [5.74, 6) is 1.05. The van der Waals surface area contributed by atoms with E-state index in [4.69, 9.17) is 0 Å². The first-order chi connectivity index (χ1) is 10.8.